The molecule has 4 heteroatoms. The molecule has 2 aromatic carbocycles. The highest BCUT2D eigenvalue weighted by Gasteiger charge is 2.13. The van der Waals surface area contributed by atoms with Gasteiger partial charge in [0, 0.05) is 28.2 Å². The van der Waals surface area contributed by atoms with Crippen LogP contribution in [0.15, 0.2) is 36.4 Å². The molecule has 1 unspecified atom stereocenters. The van der Waals surface area contributed by atoms with Gasteiger partial charge >= 0.3 is 0 Å². The van der Waals surface area contributed by atoms with Crippen molar-refractivity contribution in [1.82, 2.24) is 10.2 Å². The number of aryl methyl sites for hydroxylation is 1. The molecule has 170 valence electrons. The van der Waals surface area contributed by atoms with Crippen molar-refractivity contribution in [2.75, 3.05) is 32.5 Å². The van der Waals surface area contributed by atoms with Gasteiger partial charge in [0.25, 0.3) is 0 Å². The Morgan fingerprint density at radius 3 is 2.39 bits per heavy atom. The SMILES string of the molecule is CCN(CC)CCCC(C)N/C(c1cc(OC)ccc1C)=c1\ccc(N)cc1=C(C)C. The van der Waals surface area contributed by atoms with Gasteiger partial charge in [0.15, 0.2) is 0 Å². The van der Waals surface area contributed by atoms with E-state index in [0.717, 1.165) is 43.2 Å². The lowest BCUT2D eigenvalue weighted by molar-refractivity contribution is 0.292. The lowest BCUT2D eigenvalue weighted by atomic mass is 10.00. The third kappa shape index (κ3) is 6.76. The van der Waals surface area contributed by atoms with Crippen LogP contribution in [0.1, 0.15) is 58.6 Å². The standard InChI is InChI=1S/C27H41N3O/c1-8-30(9-2)16-10-11-21(6)29-27(26-18-23(31-7)14-12-20(26)5)24-15-13-22(28)17-25(24)19(3)4/h12-15,17-18,21,29H,8-11,16,28H2,1-7H3/b27-24+. The summed E-state index contributed by atoms with van der Waals surface area (Å²) in [5.74, 6) is 0.864. The zero-order valence-electron chi connectivity index (χ0n) is 20.5. The van der Waals surface area contributed by atoms with E-state index in [1.807, 2.05) is 12.1 Å². The number of hydrogen-bond acceptors (Lipinski definition) is 4. The molecule has 0 aliphatic heterocycles. The molecule has 31 heavy (non-hydrogen) atoms. The van der Waals surface area contributed by atoms with E-state index in [1.165, 1.54) is 33.6 Å². The highest BCUT2D eigenvalue weighted by Crippen LogP contribution is 2.22. The summed E-state index contributed by atoms with van der Waals surface area (Å²) in [4.78, 5) is 2.48. The van der Waals surface area contributed by atoms with Crippen molar-refractivity contribution < 1.29 is 4.74 Å². The van der Waals surface area contributed by atoms with Crippen LogP contribution in [-0.2, 0) is 0 Å². The third-order valence-corrected chi connectivity index (χ3v) is 5.96. The average Bonchev–Trinajstić information content (AvgIpc) is 2.75. The van der Waals surface area contributed by atoms with Crippen LogP contribution in [0.3, 0.4) is 0 Å². The quantitative estimate of drug-likeness (QED) is 0.567. The van der Waals surface area contributed by atoms with Gasteiger partial charge < -0.3 is 20.7 Å². The Hall–Kier alpha value is -2.46. The predicted molar refractivity (Wildman–Crippen MR) is 135 cm³/mol. The molecule has 0 aliphatic rings. The molecule has 3 N–H and O–H groups in total. The van der Waals surface area contributed by atoms with Crippen LogP contribution in [-0.4, -0.2) is 37.7 Å². The van der Waals surface area contributed by atoms with Crippen molar-refractivity contribution in [3.8, 4) is 5.75 Å². The monoisotopic (exact) mass is 423 g/mol. The topological polar surface area (TPSA) is 50.5 Å². The number of anilines is 1. The first-order valence-electron chi connectivity index (χ1n) is 11.5. The second kappa shape index (κ2) is 11.8. The largest absolute Gasteiger partial charge is 0.497 e. The fourth-order valence-electron chi connectivity index (χ4n) is 3.97. The summed E-state index contributed by atoms with van der Waals surface area (Å²) in [5.41, 5.74) is 11.7. The Balaban J connectivity index is 2.53. The molecule has 0 bridgehead atoms. The fraction of sp³-hybridized carbons (Fsp3) is 0.481. The van der Waals surface area contributed by atoms with Crippen molar-refractivity contribution in [2.24, 2.45) is 0 Å². The van der Waals surface area contributed by atoms with E-state index in [9.17, 15) is 0 Å². The summed E-state index contributed by atoms with van der Waals surface area (Å²) in [7, 11) is 1.72. The van der Waals surface area contributed by atoms with Gasteiger partial charge in [-0.25, -0.2) is 0 Å². The molecule has 0 aromatic heterocycles. The number of rotatable bonds is 10. The summed E-state index contributed by atoms with van der Waals surface area (Å²) in [6.07, 6.45) is 2.29. The molecule has 0 fully saturated rings. The molecule has 0 amide bonds. The Kier molecular flexibility index (Phi) is 9.44. The molecule has 2 rings (SSSR count). The number of nitrogens with zero attached hydrogens (tertiary/aromatic N) is 1. The van der Waals surface area contributed by atoms with Gasteiger partial charge in [-0.3, -0.25) is 0 Å². The molecule has 0 radical (unpaired) electrons. The van der Waals surface area contributed by atoms with Crippen LogP contribution >= 0.6 is 0 Å². The number of hydrogen-bond donors (Lipinski definition) is 2. The van der Waals surface area contributed by atoms with Crippen LogP contribution in [0, 0.1) is 6.92 Å². The first-order chi connectivity index (χ1) is 14.8. The second-order valence-electron chi connectivity index (χ2n) is 8.58. The lowest BCUT2D eigenvalue weighted by Gasteiger charge is -2.23. The van der Waals surface area contributed by atoms with Crippen molar-refractivity contribution in [2.45, 2.75) is 60.4 Å². The summed E-state index contributed by atoms with van der Waals surface area (Å²) < 4.78 is 5.54. The average molecular weight is 424 g/mol. The smallest absolute Gasteiger partial charge is 0.119 e. The van der Waals surface area contributed by atoms with Gasteiger partial charge in [0.1, 0.15) is 5.75 Å². The normalized spacial score (nSPS) is 13.2. The molecule has 2 aromatic rings. The lowest BCUT2D eigenvalue weighted by Crippen LogP contribution is -2.37. The zero-order valence-corrected chi connectivity index (χ0v) is 20.5. The van der Waals surface area contributed by atoms with E-state index in [1.54, 1.807) is 7.11 Å². The van der Waals surface area contributed by atoms with E-state index >= 15 is 0 Å². The van der Waals surface area contributed by atoms with E-state index in [2.05, 4.69) is 76.0 Å². The molecule has 1 atom stereocenters. The fourth-order valence-corrected chi connectivity index (χ4v) is 3.97. The number of nitrogens with one attached hydrogen (secondary N) is 1. The van der Waals surface area contributed by atoms with Gasteiger partial charge in [0.2, 0.25) is 0 Å². The first kappa shape index (κ1) is 24.8. The van der Waals surface area contributed by atoms with E-state index < -0.39 is 0 Å². The van der Waals surface area contributed by atoms with Crippen LogP contribution in [0.4, 0.5) is 5.69 Å². The maximum atomic E-state index is 6.13. The second-order valence-corrected chi connectivity index (χ2v) is 8.58. The minimum atomic E-state index is 0.346. The van der Waals surface area contributed by atoms with Crippen LogP contribution in [0.2, 0.25) is 0 Å². The number of methoxy groups -OCH3 is 1. The molecule has 0 spiro atoms. The van der Waals surface area contributed by atoms with E-state index in [-0.39, 0.29) is 0 Å². The number of nitrogen functional groups attached to an aromatic ring is 1. The Bertz CT molecular complexity index is 972. The van der Waals surface area contributed by atoms with Gasteiger partial charge in [0.05, 0.1) is 7.11 Å². The van der Waals surface area contributed by atoms with Gasteiger partial charge in [-0.2, -0.15) is 0 Å². The molecule has 0 heterocycles. The summed E-state index contributed by atoms with van der Waals surface area (Å²) in [5, 5.41) is 6.22. The van der Waals surface area contributed by atoms with Crippen LogP contribution < -0.4 is 26.2 Å². The van der Waals surface area contributed by atoms with Crippen molar-refractivity contribution in [3.05, 3.63) is 58.0 Å². The maximum Gasteiger partial charge on any atom is 0.119 e. The Morgan fingerprint density at radius 1 is 1.06 bits per heavy atom. The molecular weight excluding hydrogens is 382 g/mol. The molecule has 0 aliphatic carbocycles. The molecule has 0 saturated heterocycles. The summed E-state index contributed by atoms with van der Waals surface area (Å²) in [6, 6.07) is 12.8. The van der Waals surface area contributed by atoms with Crippen LogP contribution in [0.5, 0.6) is 5.75 Å². The summed E-state index contributed by atoms with van der Waals surface area (Å²) in [6.45, 7) is 16.5. The van der Waals surface area contributed by atoms with Crippen molar-refractivity contribution >= 4 is 17.0 Å². The zero-order chi connectivity index (χ0) is 23.0. The van der Waals surface area contributed by atoms with Gasteiger partial charge in [-0.1, -0.05) is 31.6 Å². The summed E-state index contributed by atoms with van der Waals surface area (Å²) >= 11 is 0. The van der Waals surface area contributed by atoms with Crippen molar-refractivity contribution in [3.63, 3.8) is 0 Å². The Morgan fingerprint density at radius 2 is 1.77 bits per heavy atom. The molecule has 4 nitrogen and oxygen atoms in total. The number of nitrogens with two attached hydrogens (primary N) is 1. The van der Waals surface area contributed by atoms with E-state index in [0.29, 0.717) is 6.04 Å². The van der Waals surface area contributed by atoms with E-state index in [4.69, 9.17) is 10.5 Å². The predicted octanol–water partition coefficient (Wildman–Crippen LogP) is 4.03. The molecular formula is C27H41N3O. The third-order valence-electron chi connectivity index (χ3n) is 5.96. The molecule has 0 saturated carbocycles. The number of ether oxygens (including phenoxy) is 1. The van der Waals surface area contributed by atoms with Crippen LogP contribution in [0.25, 0.3) is 11.3 Å². The highest BCUT2D eigenvalue weighted by atomic mass is 16.5. The van der Waals surface area contributed by atoms with Crippen molar-refractivity contribution in [1.29, 1.82) is 0 Å². The number of benzene rings is 2. The van der Waals surface area contributed by atoms with Gasteiger partial charge in [-0.05, 0) is 95.2 Å². The van der Waals surface area contributed by atoms with Gasteiger partial charge in [-0.15, -0.1) is 0 Å². The maximum absolute atomic E-state index is 6.13. The highest BCUT2D eigenvalue weighted by molar-refractivity contribution is 5.69. The first-order valence-corrected chi connectivity index (χ1v) is 11.5. The minimum absolute atomic E-state index is 0.346. The Labute approximate surface area is 188 Å². The minimum Gasteiger partial charge on any atom is -0.497 e.